The molecule has 1 saturated heterocycles. The number of fused-ring (bicyclic) bond motifs is 4. The summed E-state index contributed by atoms with van der Waals surface area (Å²) in [6.07, 6.45) is 9.98. The molecule has 1 heterocycles. The van der Waals surface area contributed by atoms with Crippen LogP contribution in [0.4, 0.5) is 0 Å². The number of likely N-dealkylation sites (tertiary alicyclic amines) is 1. The SMILES string of the molecule is c1ccc2c(c1)[C@@H]1CCCC[C@@]21N1CCCCC1. The molecule has 1 aromatic rings. The van der Waals surface area contributed by atoms with Gasteiger partial charge in [0.25, 0.3) is 0 Å². The van der Waals surface area contributed by atoms with E-state index in [0.717, 1.165) is 5.92 Å². The van der Waals surface area contributed by atoms with Crippen LogP contribution in [0.1, 0.15) is 62.0 Å². The van der Waals surface area contributed by atoms with Crippen LogP contribution in [0.25, 0.3) is 0 Å². The molecule has 1 nitrogen and oxygen atoms in total. The predicted molar refractivity (Wildman–Crippen MR) is 74.8 cm³/mol. The maximum absolute atomic E-state index is 2.85. The fourth-order valence-electron chi connectivity index (χ4n) is 4.85. The Labute approximate surface area is 110 Å². The van der Waals surface area contributed by atoms with Crippen LogP contribution in [0.3, 0.4) is 0 Å². The molecule has 0 spiro atoms. The molecular weight excluding hydrogens is 218 g/mol. The summed E-state index contributed by atoms with van der Waals surface area (Å²) in [6.45, 7) is 2.68. The molecule has 0 N–H and O–H groups in total. The van der Waals surface area contributed by atoms with E-state index in [1.54, 1.807) is 11.1 Å². The highest BCUT2D eigenvalue weighted by atomic mass is 15.2. The van der Waals surface area contributed by atoms with Gasteiger partial charge in [0.2, 0.25) is 0 Å². The average Bonchev–Trinajstić information content (AvgIpc) is 2.45. The van der Waals surface area contributed by atoms with Crippen LogP contribution >= 0.6 is 0 Å². The molecule has 0 radical (unpaired) electrons. The van der Waals surface area contributed by atoms with Gasteiger partial charge >= 0.3 is 0 Å². The fourth-order valence-corrected chi connectivity index (χ4v) is 4.85. The quantitative estimate of drug-likeness (QED) is 0.717. The van der Waals surface area contributed by atoms with Crippen molar-refractivity contribution in [1.82, 2.24) is 4.90 Å². The first-order chi connectivity index (χ1) is 8.93. The molecule has 3 aliphatic rings. The third-order valence-electron chi connectivity index (χ3n) is 5.60. The second kappa shape index (κ2) is 4.09. The second-order valence-electron chi connectivity index (χ2n) is 6.36. The van der Waals surface area contributed by atoms with Gasteiger partial charge < -0.3 is 0 Å². The maximum atomic E-state index is 2.85. The molecule has 2 fully saturated rings. The normalized spacial score (nSPS) is 35.4. The third-order valence-corrected chi connectivity index (χ3v) is 5.60. The number of piperidine rings is 1. The molecule has 1 heteroatoms. The smallest absolute Gasteiger partial charge is 0.0532 e. The number of hydrogen-bond donors (Lipinski definition) is 0. The van der Waals surface area contributed by atoms with Gasteiger partial charge in [0.05, 0.1) is 5.54 Å². The molecule has 4 rings (SSSR count). The summed E-state index contributed by atoms with van der Waals surface area (Å²) in [5.74, 6) is 0.848. The number of rotatable bonds is 1. The summed E-state index contributed by atoms with van der Waals surface area (Å²) < 4.78 is 0. The minimum atomic E-state index is 0.454. The average molecular weight is 241 g/mol. The van der Waals surface area contributed by atoms with Crippen LogP contribution in [-0.4, -0.2) is 18.0 Å². The Balaban J connectivity index is 1.76. The van der Waals surface area contributed by atoms with Crippen LogP contribution in [0.15, 0.2) is 24.3 Å². The van der Waals surface area contributed by atoms with Crippen LogP contribution in [0, 0.1) is 0 Å². The summed E-state index contributed by atoms with van der Waals surface area (Å²) in [6, 6.07) is 9.27. The highest BCUT2D eigenvalue weighted by molar-refractivity contribution is 5.50. The molecule has 18 heavy (non-hydrogen) atoms. The lowest BCUT2D eigenvalue weighted by Crippen LogP contribution is -2.59. The zero-order valence-corrected chi connectivity index (χ0v) is 11.2. The number of nitrogens with zero attached hydrogens (tertiary/aromatic N) is 1. The van der Waals surface area contributed by atoms with Gasteiger partial charge in [-0.25, -0.2) is 0 Å². The van der Waals surface area contributed by atoms with E-state index in [-0.39, 0.29) is 0 Å². The molecule has 1 saturated carbocycles. The van der Waals surface area contributed by atoms with E-state index >= 15 is 0 Å². The van der Waals surface area contributed by atoms with Gasteiger partial charge in [-0.2, -0.15) is 0 Å². The molecule has 0 bridgehead atoms. The Morgan fingerprint density at radius 1 is 0.944 bits per heavy atom. The zero-order valence-electron chi connectivity index (χ0n) is 11.2. The van der Waals surface area contributed by atoms with Gasteiger partial charge in [0.15, 0.2) is 0 Å². The number of hydrogen-bond acceptors (Lipinski definition) is 1. The largest absolute Gasteiger partial charge is 0.293 e. The number of benzene rings is 1. The molecule has 96 valence electrons. The Hall–Kier alpha value is -0.820. The van der Waals surface area contributed by atoms with E-state index in [1.807, 2.05) is 0 Å². The standard InChI is InChI=1S/C17H23N/c1-6-12-18(13-7-1)17-11-5-4-10-16(17)14-8-2-3-9-15(14)17/h2-3,8-9,16H,1,4-7,10-13H2/t16-,17+/m0/s1. The van der Waals surface area contributed by atoms with Crippen molar-refractivity contribution < 1.29 is 0 Å². The first-order valence-corrected chi connectivity index (χ1v) is 7.77. The Bertz CT molecular complexity index is 447. The summed E-state index contributed by atoms with van der Waals surface area (Å²) in [5, 5.41) is 0. The topological polar surface area (TPSA) is 3.24 Å². The van der Waals surface area contributed by atoms with E-state index in [4.69, 9.17) is 0 Å². The van der Waals surface area contributed by atoms with Gasteiger partial charge in [0.1, 0.15) is 0 Å². The van der Waals surface area contributed by atoms with Crippen molar-refractivity contribution in [2.75, 3.05) is 13.1 Å². The van der Waals surface area contributed by atoms with Crippen molar-refractivity contribution in [3.05, 3.63) is 35.4 Å². The predicted octanol–water partition coefficient (Wildman–Crippen LogP) is 4.04. The zero-order chi connectivity index (χ0) is 12.0. The lowest BCUT2D eigenvalue weighted by molar-refractivity contribution is -0.0128. The van der Waals surface area contributed by atoms with Crippen LogP contribution in [0.5, 0.6) is 0 Å². The highest BCUT2D eigenvalue weighted by Gasteiger charge is 2.55. The van der Waals surface area contributed by atoms with E-state index in [0.29, 0.717) is 5.54 Å². The Morgan fingerprint density at radius 3 is 2.67 bits per heavy atom. The lowest BCUT2D eigenvalue weighted by atomic mass is 9.54. The molecule has 0 amide bonds. The van der Waals surface area contributed by atoms with Crippen molar-refractivity contribution in [1.29, 1.82) is 0 Å². The molecule has 2 aliphatic carbocycles. The van der Waals surface area contributed by atoms with Crippen molar-refractivity contribution in [2.45, 2.75) is 56.4 Å². The maximum Gasteiger partial charge on any atom is 0.0532 e. The molecule has 0 aromatic heterocycles. The first-order valence-electron chi connectivity index (χ1n) is 7.77. The minimum Gasteiger partial charge on any atom is -0.293 e. The summed E-state index contributed by atoms with van der Waals surface area (Å²) in [4.78, 5) is 2.85. The Morgan fingerprint density at radius 2 is 1.78 bits per heavy atom. The molecule has 0 unspecified atom stereocenters. The van der Waals surface area contributed by atoms with Crippen LogP contribution in [-0.2, 0) is 5.54 Å². The van der Waals surface area contributed by atoms with E-state index in [2.05, 4.69) is 29.2 Å². The van der Waals surface area contributed by atoms with Crippen molar-refractivity contribution in [3.63, 3.8) is 0 Å². The third kappa shape index (κ3) is 1.31. The van der Waals surface area contributed by atoms with Gasteiger partial charge in [-0.3, -0.25) is 4.90 Å². The van der Waals surface area contributed by atoms with E-state index in [9.17, 15) is 0 Å². The highest BCUT2D eigenvalue weighted by Crippen LogP contribution is 2.61. The summed E-state index contributed by atoms with van der Waals surface area (Å²) in [5.41, 5.74) is 3.80. The lowest BCUT2D eigenvalue weighted by Gasteiger charge is -2.60. The van der Waals surface area contributed by atoms with Crippen molar-refractivity contribution >= 4 is 0 Å². The van der Waals surface area contributed by atoms with Gasteiger partial charge in [-0.1, -0.05) is 43.5 Å². The summed E-state index contributed by atoms with van der Waals surface area (Å²) in [7, 11) is 0. The minimum absolute atomic E-state index is 0.454. The Kier molecular flexibility index (Phi) is 2.51. The summed E-state index contributed by atoms with van der Waals surface area (Å²) >= 11 is 0. The second-order valence-corrected chi connectivity index (χ2v) is 6.36. The molecule has 1 aliphatic heterocycles. The monoisotopic (exact) mass is 241 g/mol. The van der Waals surface area contributed by atoms with Crippen molar-refractivity contribution in [3.8, 4) is 0 Å². The van der Waals surface area contributed by atoms with Gasteiger partial charge in [0, 0.05) is 5.92 Å². The van der Waals surface area contributed by atoms with E-state index < -0.39 is 0 Å². The van der Waals surface area contributed by atoms with Crippen LogP contribution in [0.2, 0.25) is 0 Å². The molecule has 2 atom stereocenters. The fraction of sp³-hybridized carbons (Fsp3) is 0.647. The molecule has 1 aromatic carbocycles. The van der Waals surface area contributed by atoms with Crippen LogP contribution < -0.4 is 0 Å². The van der Waals surface area contributed by atoms with Gasteiger partial charge in [-0.05, 0) is 49.9 Å². The molecular formula is C17H23N. The van der Waals surface area contributed by atoms with E-state index in [1.165, 1.54) is 58.0 Å². The van der Waals surface area contributed by atoms with Gasteiger partial charge in [-0.15, -0.1) is 0 Å². The van der Waals surface area contributed by atoms with Crippen molar-refractivity contribution in [2.24, 2.45) is 0 Å². The first kappa shape index (κ1) is 11.0.